The summed E-state index contributed by atoms with van der Waals surface area (Å²) in [7, 11) is 1.55. The molecule has 0 saturated heterocycles. The molecule has 0 amide bonds. The number of hydrogen-bond acceptors (Lipinski definition) is 2. The molecule has 0 fully saturated rings. The van der Waals surface area contributed by atoms with E-state index in [1.54, 1.807) is 7.05 Å². The van der Waals surface area contributed by atoms with Gasteiger partial charge in [-0.2, -0.15) is 0 Å². The first-order valence-corrected chi connectivity index (χ1v) is 4.93. The highest BCUT2D eigenvalue weighted by atomic mass is 79.9. The second-order valence-electron chi connectivity index (χ2n) is 2.96. The highest BCUT2D eigenvalue weighted by Crippen LogP contribution is 2.27. The van der Waals surface area contributed by atoms with Gasteiger partial charge in [-0.15, -0.1) is 0 Å². The van der Waals surface area contributed by atoms with Crippen LogP contribution in [-0.4, -0.2) is 18.7 Å². The maximum Gasteiger partial charge on any atom is 0.195 e. The zero-order chi connectivity index (χ0) is 11.6. The lowest BCUT2D eigenvalue weighted by Gasteiger charge is -2.12. The number of halogens is 4. The van der Waals surface area contributed by atoms with E-state index < -0.39 is 23.6 Å². The summed E-state index contributed by atoms with van der Waals surface area (Å²) >= 11 is 2.74. The molecule has 0 bridgehead atoms. The third-order valence-electron chi connectivity index (χ3n) is 1.89. The van der Waals surface area contributed by atoms with Crippen molar-refractivity contribution in [3.05, 3.63) is 33.6 Å². The molecule has 15 heavy (non-hydrogen) atoms. The molecule has 1 unspecified atom stereocenters. The minimum atomic E-state index is -1.59. The molecule has 2 N–H and O–H groups in total. The van der Waals surface area contributed by atoms with Crippen molar-refractivity contribution in [2.45, 2.75) is 6.10 Å². The minimum Gasteiger partial charge on any atom is -0.387 e. The van der Waals surface area contributed by atoms with Gasteiger partial charge in [0.1, 0.15) is 0 Å². The lowest BCUT2D eigenvalue weighted by atomic mass is 10.1. The van der Waals surface area contributed by atoms with Crippen molar-refractivity contribution < 1.29 is 18.3 Å². The van der Waals surface area contributed by atoms with E-state index in [1.165, 1.54) is 0 Å². The van der Waals surface area contributed by atoms with Crippen molar-refractivity contribution in [3.63, 3.8) is 0 Å². The SMILES string of the molecule is CNCC(O)c1cc(Br)c(F)c(F)c1F. The summed E-state index contributed by atoms with van der Waals surface area (Å²) in [4.78, 5) is 0. The number of likely N-dealkylation sites (N-methyl/N-ethyl adjacent to an activating group) is 1. The monoisotopic (exact) mass is 283 g/mol. The van der Waals surface area contributed by atoms with Crippen LogP contribution in [0.15, 0.2) is 10.5 Å². The van der Waals surface area contributed by atoms with Crippen LogP contribution in [-0.2, 0) is 0 Å². The van der Waals surface area contributed by atoms with Crippen molar-refractivity contribution in [1.82, 2.24) is 5.32 Å². The molecule has 0 heterocycles. The number of rotatable bonds is 3. The first-order chi connectivity index (χ1) is 6.99. The smallest absolute Gasteiger partial charge is 0.195 e. The van der Waals surface area contributed by atoms with Crippen LogP contribution in [0.25, 0.3) is 0 Å². The number of benzene rings is 1. The van der Waals surface area contributed by atoms with E-state index in [9.17, 15) is 18.3 Å². The summed E-state index contributed by atoms with van der Waals surface area (Å²) < 4.78 is 38.8. The summed E-state index contributed by atoms with van der Waals surface area (Å²) in [6.07, 6.45) is -1.22. The molecule has 0 aromatic heterocycles. The second-order valence-corrected chi connectivity index (χ2v) is 3.82. The molecule has 1 atom stereocenters. The van der Waals surface area contributed by atoms with Crippen LogP contribution in [0, 0.1) is 17.5 Å². The number of aliphatic hydroxyl groups is 1. The van der Waals surface area contributed by atoms with Gasteiger partial charge in [0.25, 0.3) is 0 Å². The van der Waals surface area contributed by atoms with E-state index in [1.807, 2.05) is 0 Å². The van der Waals surface area contributed by atoms with Gasteiger partial charge in [-0.25, -0.2) is 13.2 Å². The lowest BCUT2D eigenvalue weighted by molar-refractivity contribution is 0.171. The van der Waals surface area contributed by atoms with E-state index in [2.05, 4.69) is 21.2 Å². The van der Waals surface area contributed by atoms with Crippen LogP contribution >= 0.6 is 15.9 Å². The van der Waals surface area contributed by atoms with E-state index in [-0.39, 0.29) is 16.6 Å². The Morgan fingerprint density at radius 2 is 1.93 bits per heavy atom. The lowest BCUT2D eigenvalue weighted by Crippen LogP contribution is -2.18. The molecule has 6 heteroatoms. The largest absolute Gasteiger partial charge is 0.387 e. The minimum absolute atomic E-state index is 0.0500. The first kappa shape index (κ1) is 12.5. The normalized spacial score (nSPS) is 12.9. The predicted molar refractivity (Wildman–Crippen MR) is 52.9 cm³/mol. The number of nitrogens with one attached hydrogen (secondary N) is 1. The van der Waals surface area contributed by atoms with E-state index >= 15 is 0 Å². The summed E-state index contributed by atoms with van der Waals surface area (Å²) in [6, 6.07) is 1.02. The fourth-order valence-electron chi connectivity index (χ4n) is 1.14. The van der Waals surface area contributed by atoms with Gasteiger partial charge in [-0.3, -0.25) is 0 Å². The van der Waals surface area contributed by atoms with Crippen molar-refractivity contribution in [2.75, 3.05) is 13.6 Å². The molecule has 84 valence electrons. The van der Waals surface area contributed by atoms with Crippen LogP contribution in [0.2, 0.25) is 0 Å². The highest BCUT2D eigenvalue weighted by Gasteiger charge is 2.21. The Kier molecular flexibility index (Phi) is 4.12. The average Bonchev–Trinajstić information content (AvgIpc) is 2.20. The van der Waals surface area contributed by atoms with Gasteiger partial charge in [0.05, 0.1) is 10.6 Å². The fraction of sp³-hybridized carbons (Fsp3) is 0.333. The Hall–Kier alpha value is -0.590. The van der Waals surface area contributed by atoms with E-state index in [0.717, 1.165) is 6.07 Å². The van der Waals surface area contributed by atoms with E-state index in [0.29, 0.717) is 0 Å². The summed E-state index contributed by atoms with van der Waals surface area (Å²) in [5.41, 5.74) is -0.282. The molecule has 0 aliphatic heterocycles. The molecule has 0 radical (unpaired) electrons. The zero-order valence-corrected chi connectivity index (χ0v) is 9.41. The Balaban J connectivity index is 3.19. The van der Waals surface area contributed by atoms with Crippen molar-refractivity contribution >= 4 is 15.9 Å². The van der Waals surface area contributed by atoms with E-state index in [4.69, 9.17) is 0 Å². The quantitative estimate of drug-likeness (QED) is 0.658. The Labute approximate surface area is 93.2 Å². The van der Waals surface area contributed by atoms with Gasteiger partial charge in [-0.05, 0) is 29.0 Å². The number of hydrogen-bond donors (Lipinski definition) is 2. The third kappa shape index (κ3) is 2.50. The molecule has 1 rings (SSSR count). The highest BCUT2D eigenvalue weighted by molar-refractivity contribution is 9.10. The Morgan fingerprint density at radius 3 is 2.47 bits per heavy atom. The first-order valence-electron chi connectivity index (χ1n) is 4.14. The topological polar surface area (TPSA) is 32.3 Å². The van der Waals surface area contributed by atoms with Gasteiger partial charge in [0, 0.05) is 12.1 Å². The fourth-order valence-corrected chi connectivity index (χ4v) is 1.56. The summed E-state index contributed by atoms with van der Waals surface area (Å²) in [5.74, 6) is -4.25. The Bertz CT molecular complexity index is 373. The van der Waals surface area contributed by atoms with Gasteiger partial charge in [0.15, 0.2) is 17.5 Å². The Morgan fingerprint density at radius 1 is 1.33 bits per heavy atom. The molecule has 2 nitrogen and oxygen atoms in total. The standard InChI is InChI=1S/C9H9BrF3NO/c1-14-3-6(15)4-2-5(10)8(12)9(13)7(4)11/h2,6,14-15H,3H2,1H3. The van der Waals surface area contributed by atoms with Gasteiger partial charge < -0.3 is 10.4 Å². The molecule has 1 aromatic carbocycles. The summed E-state index contributed by atoms with van der Waals surface area (Å²) in [6.45, 7) is 0.0500. The second kappa shape index (κ2) is 4.96. The molecule has 0 aliphatic carbocycles. The zero-order valence-electron chi connectivity index (χ0n) is 7.82. The predicted octanol–water partition coefficient (Wildman–Crippen LogP) is 2.12. The average molecular weight is 284 g/mol. The molecule has 1 aromatic rings. The van der Waals surface area contributed by atoms with Crippen LogP contribution < -0.4 is 5.32 Å². The van der Waals surface area contributed by atoms with Gasteiger partial charge >= 0.3 is 0 Å². The maximum atomic E-state index is 13.2. The third-order valence-corrected chi connectivity index (χ3v) is 2.46. The summed E-state index contributed by atoms with van der Waals surface area (Å²) in [5, 5.41) is 12.0. The van der Waals surface area contributed by atoms with Crippen LogP contribution in [0.1, 0.15) is 11.7 Å². The van der Waals surface area contributed by atoms with Crippen LogP contribution in [0.5, 0.6) is 0 Å². The number of aliphatic hydroxyl groups excluding tert-OH is 1. The van der Waals surface area contributed by atoms with Crippen molar-refractivity contribution in [2.24, 2.45) is 0 Å². The maximum absolute atomic E-state index is 13.2. The van der Waals surface area contributed by atoms with Crippen LogP contribution in [0.3, 0.4) is 0 Å². The molecule has 0 saturated carbocycles. The molecular formula is C9H9BrF3NO. The molecular weight excluding hydrogens is 275 g/mol. The van der Waals surface area contributed by atoms with Gasteiger partial charge in [-0.1, -0.05) is 0 Å². The molecule has 0 aliphatic rings. The van der Waals surface area contributed by atoms with Crippen molar-refractivity contribution in [3.8, 4) is 0 Å². The molecule has 0 spiro atoms. The van der Waals surface area contributed by atoms with Crippen LogP contribution in [0.4, 0.5) is 13.2 Å². The van der Waals surface area contributed by atoms with Crippen molar-refractivity contribution in [1.29, 1.82) is 0 Å². The van der Waals surface area contributed by atoms with Gasteiger partial charge in [0.2, 0.25) is 0 Å².